The van der Waals surface area contributed by atoms with Crippen LogP contribution in [0.25, 0.3) is 0 Å². The van der Waals surface area contributed by atoms with Gasteiger partial charge in [-0.25, -0.2) is 0 Å². The molecule has 2 N–H and O–H groups in total. The molecule has 1 saturated carbocycles. The molecule has 0 spiro atoms. The predicted molar refractivity (Wildman–Crippen MR) is 86.2 cm³/mol. The summed E-state index contributed by atoms with van der Waals surface area (Å²) in [4.78, 5) is 0. The second-order valence-corrected chi connectivity index (χ2v) is 7.00. The number of hydrogen-bond acceptors (Lipinski definition) is 2. The summed E-state index contributed by atoms with van der Waals surface area (Å²) in [7, 11) is 0. The van der Waals surface area contributed by atoms with E-state index >= 15 is 0 Å². The Kier molecular flexibility index (Phi) is 4.30. The summed E-state index contributed by atoms with van der Waals surface area (Å²) in [6.45, 7) is 5.77. The van der Waals surface area contributed by atoms with Gasteiger partial charge in [0.15, 0.2) is 0 Å². The van der Waals surface area contributed by atoms with Crippen LogP contribution in [-0.2, 0) is 13.0 Å². The molecule has 0 unspecified atom stereocenters. The van der Waals surface area contributed by atoms with Gasteiger partial charge in [0.2, 0.25) is 0 Å². The van der Waals surface area contributed by atoms with Gasteiger partial charge in [-0.3, -0.25) is 0 Å². The SMILES string of the molecule is CC1(CNCc2ccc3c(c2)CCCN3)CCCCC1. The molecule has 1 aliphatic carbocycles. The van der Waals surface area contributed by atoms with Crippen molar-refractivity contribution < 1.29 is 0 Å². The zero-order valence-electron chi connectivity index (χ0n) is 12.8. The number of anilines is 1. The molecule has 0 atom stereocenters. The molecule has 0 radical (unpaired) electrons. The van der Waals surface area contributed by atoms with E-state index in [4.69, 9.17) is 0 Å². The normalized spacial score (nSPS) is 21.1. The number of rotatable bonds is 4. The van der Waals surface area contributed by atoms with Crippen LogP contribution in [0.1, 0.15) is 56.6 Å². The average molecular weight is 272 g/mol. The molecule has 0 aromatic heterocycles. The maximum absolute atomic E-state index is 3.70. The van der Waals surface area contributed by atoms with E-state index in [9.17, 15) is 0 Å². The van der Waals surface area contributed by atoms with Crippen molar-refractivity contribution in [2.75, 3.05) is 18.4 Å². The van der Waals surface area contributed by atoms with Crippen LogP contribution in [0, 0.1) is 5.41 Å². The van der Waals surface area contributed by atoms with Crippen molar-refractivity contribution in [2.24, 2.45) is 5.41 Å². The molecule has 1 aromatic carbocycles. The predicted octanol–water partition coefficient (Wildman–Crippen LogP) is 4.10. The molecule has 2 nitrogen and oxygen atoms in total. The van der Waals surface area contributed by atoms with Gasteiger partial charge < -0.3 is 10.6 Å². The van der Waals surface area contributed by atoms with Gasteiger partial charge in [-0.2, -0.15) is 0 Å². The Bertz CT molecular complexity index is 447. The summed E-state index contributed by atoms with van der Waals surface area (Å²) in [5, 5.41) is 7.18. The largest absolute Gasteiger partial charge is 0.385 e. The van der Waals surface area contributed by atoms with Gasteiger partial charge in [0.05, 0.1) is 0 Å². The van der Waals surface area contributed by atoms with Gasteiger partial charge in [0.1, 0.15) is 0 Å². The lowest BCUT2D eigenvalue weighted by Crippen LogP contribution is -2.33. The molecule has 3 rings (SSSR count). The molecule has 1 heterocycles. The van der Waals surface area contributed by atoms with Crippen LogP contribution in [-0.4, -0.2) is 13.1 Å². The Morgan fingerprint density at radius 3 is 2.85 bits per heavy atom. The fraction of sp³-hybridized carbons (Fsp3) is 0.667. The quantitative estimate of drug-likeness (QED) is 0.862. The van der Waals surface area contributed by atoms with E-state index in [1.807, 2.05) is 0 Å². The topological polar surface area (TPSA) is 24.1 Å². The lowest BCUT2D eigenvalue weighted by molar-refractivity contribution is 0.207. The summed E-state index contributed by atoms with van der Waals surface area (Å²) in [5.41, 5.74) is 4.82. The molecule has 0 amide bonds. The van der Waals surface area contributed by atoms with Gasteiger partial charge in [0, 0.05) is 25.3 Å². The van der Waals surface area contributed by atoms with Crippen molar-refractivity contribution in [3.63, 3.8) is 0 Å². The Balaban J connectivity index is 1.53. The molecular weight excluding hydrogens is 244 g/mol. The van der Waals surface area contributed by atoms with E-state index in [1.54, 1.807) is 0 Å². The van der Waals surface area contributed by atoms with Crippen LogP contribution >= 0.6 is 0 Å². The van der Waals surface area contributed by atoms with E-state index in [1.165, 1.54) is 68.3 Å². The zero-order valence-corrected chi connectivity index (χ0v) is 12.8. The standard InChI is InChI=1S/C18H28N2/c1-18(9-3-2-4-10-18)14-19-13-15-7-8-17-16(12-15)6-5-11-20-17/h7-8,12,19-20H,2-6,9-11,13-14H2,1H3. The zero-order chi connectivity index (χ0) is 13.8. The van der Waals surface area contributed by atoms with Crippen molar-refractivity contribution in [3.8, 4) is 0 Å². The number of aryl methyl sites for hydroxylation is 1. The van der Waals surface area contributed by atoms with Crippen molar-refractivity contribution in [1.29, 1.82) is 0 Å². The van der Waals surface area contributed by atoms with Crippen LogP contribution in [0.3, 0.4) is 0 Å². The van der Waals surface area contributed by atoms with Gasteiger partial charge in [-0.15, -0.1) is 0 Å². The lowest BCUT2D eigenvalue weighted by atomic mass is 9.76. The van der Waals surface area contributed by atoms with Gasteiger partial charge in [-0.05, 0) is 48.3 Å². The third-order valence-electron chi connectivity index (χ3n) is 5.05. The molecule has 2 heteroatoms. The molecule has 1 aliphatic heterocycles. The Morgan fingerprint density at radius 2 is 2.00 bits per heavy atom. The highest BCUT2D eigenvalue weighted by Crippen LogP contribution is 2.35. The van der Waals surface area contributed by atoms with Crippen molar-refractivity contribution >= 4 is 5.69 Å². The molecule has 110 valence electrons. The van der Waals surface area contributed by atoms with E-state index in [0.717, 1.165) is 13.1 Å². The molecular formula is C18H28N2. The monoisotopic (exact) mass is 272 g/mol. The fourth-order valence-corrected chi connectivity index (χ4v) is 3.73. The first-order valence-corrected chi connectivity index (χ1v) is 8.32. The van der Waals surface area contributed by atoms with Crippen molar-refractivity contribution in [3.05, 3.63) is 29.3 Å². The minimum absolute atomic E-state index is 0.536. The molecule has 0 saturated heterocycles. The smallest absolute Gasteiger partial charge is 0.0372 e. The number of fused-ring (bicyclic) bond motifs is 1. The number of benzene rings is 1. The van der Waals surface area contributed by atoms with E-state index in [2.05, 4.69) is 35.8 Å². The minimum Gasteiger partial charge on any atom is -0.385 e. The van der Waals surface area contributed by atoms with Crippen LogP contribution in [0.5, 0.6) is 0 Å². The van der Waals surface area contributed by atoms with Crippen LogP contribution in [0.15, 0.2) is 18.2 Å². The third-order valence-corrected chi connectivity index (χ3v) is 5.05. The Morgan fingerprint density at radius 1 is 1.15 bits per heavy atom. The van der Waals surface area contributed by atoms with E-state index in [0.29, 0.717) is 5.41 Å². The minimum atomic E-state index is 0.536. The Labute approximate surface area is 123 Å². The lowest BCUT2D eigenvalue weighted by Gasteiger charge is -2.33. The van der Waals surface area contributed by atoms with Crippen LogP contribution < -0.4 is 10.6 Å². The first kappa shape index (κ1) is 13.9. The van der Waals surface area contributed by atoms with E-state index in [-0.39, 0.29) is 0 Å². The van der Waals surface area contributed by atoms with Crippen molar-refractivity contribution in [2.45, 2.75) is 58.4 Å². The highest BCUT2D eigenvalue weighted by molar-refractivity contribution is 5.54. The second kappa shape index (κ2) is 6.17. The summed E-state index contributed by atoms with van der Waals surface area (Å²) in [5.74, 6) is 0. The maximum atomic E-state index is 3.70. The fourth-order valence-electron chi connectivity index (χ4n) is 3.73. The maximum Gasteiger partial charge on any atom is 0.0372 e. The third kappa shape index (κ3) is 3.35. The summed E-state index contributed by atoms with van der Waals surface area (Å²) in [6, 6.07) is 6.92. The van der Waals surface area contributed by atoms with Gasteiger partial charge >= 0.3 is 0 Å². The second-order valence-electron chi connectivity index (χ2n) is 7.00. The molecule has 20 heavy (non-hydrogen) atoms. The summed E-state index contributed by atoms with van der Waals surface area (Å²) < 4.78 is 0. The first-order chi connectivity index (χ1) is 9.75. The van der Waals surface area contributed by atoms with Crippen LogP contribution in [0.4, 0.5) is 5.69 Å². The molecule has 0 bridgehead atoms. The first-order valence-electron chi connectivity index (χ1n) is 8.32. The Hall–Kier alpha value is -1.02. The molecule has 2 aliphatic rings. The number of nitrogens with one attached hydrogen (secondary N) is 2. The van der Waals surface area contributed by atoms with E-state index < -0.39 is 0 Å². The van der Waals surface area contributed by atoms with Crippen LogP contribution in [0.2, 0.25) is 0 Å². The molecule has 1 aromatic rings. The van der Waals surface area contributed by atoms with Gasteiger partial charge in [-0.1, -0.05) is 38.3 Å². The highest BCUT2D eigenvalue weighted by atomic mass is 14.9. The average Bonchev–Trinajstić information content (AvgIpc) is 2.48. The molecule has 1 fully saturated rings. The highest BCUT2D eigenvalue weighted by Gasteiger charge is 2.25. The van der Waals surface area contributed by atoms with Crippen molar-refractivity contribution in [1.82, 2.24) is 5.32 Å². The summed E-state index contributed by atoms with van der Waals surface area (Å²) >= 11 is 0. The summed E-state index contributed by atoms with van der Waals surface area (Å²) in [6.07, 6.45) is 9.57. The van der Waals surface area contributed by atoms with Gasteiger partial charge in [0.25, 0.3) is 0 Å². The number of hydrogen-bond donors (Lipinski definition) is 2.